The van der Waals surface area contributed by atoms with Crippen molar-refractivity contribution in [1.29, 1.82) is 0 Å². The predicted molar refractivity (Wildman–Crippen MR) is 86.3 cm³/mol. The SMILES string of the molecule is C#CCOc1ccccc1CNc1ccc(SC)cc1. The van der Waals surface area contributed by atoms with Crippen LogP contribution in [0, 0.1) is 12.3 Å². The lowest BCUT2D eigenvalue weighted by Gasteiger charge is -2.11. The smallest absolute Gasteiger partial charge is 0.148 e. The molecule has 0 aliphatic rings. The molecule has 0 saturated heterocycles. The molecule has 3 heteroatoms. The molecular formula is C17H17NOS. The van der Waals surface area contributed by atoms with Gasteiger partial charge in [-0.3, -0.25) is 0 Å². The van der Waals surface area contributed by atoms with Gasteiger partial charge in [-0.25, -0.2) is 0 Å². The van der Waals surface area contributed by atoms with Gasteiger partial charge in [0.1, 0.15) is 12.4 Å². The fourth-order valence-electron chi connectivity index (χ4n) is 1.82. The fraction of sp³-hybridized carbons (Fsp3) is 0.176. The Morgan fingerprint density at radius 3 is 2.60 bits per heavy atom. The molecule has 0 saturated carbocycles. The number of hydrogen-bond acceptors (Lipinski definition) is 3. The number of anilines is 1. The summed E-state index contributed by atoms with van der Waals surface area (Å²) >= 11 is 1.74. The van der Waals surface area contributed by atoms with Gasteiger partial charge in [-0.15, -0.1) is 18.2 Å². The van der Waals surface area contributed by atoms with Gasteiger partial charge in [0.05, 0.1) is 0 Å². The summed E-state index contributed by atoms with van der Waals surface area (Å²) in [6.07, 6.45) is 7.30. The number of rotatable bonds is 6. The normalized spacial score (nSPS) is 9.80. The molecule has 0 aliphatic carbocycles. The molecular weight excluding hydrogens is 266 g/mol. The lowest BCUT2D eigenvalue weighted by molar-refractivity contribution is 0.366. The molecule has 20 heavy (non-hydrogen) atoms. The van der Waals surface area contributed by atoms with E-state index in [1.54, 1.807) is 11.8 Å². The molecule has 0 bridgehead atoms. The number of hydrogen-bond donors (Lipinski definition) is 1. The maximum absolute atomic E-state index is 5.53. The zero-order chi connectivity index (χ0) is 14.2. The van der Waals surface area contributed by atoms with Crippen molar-refractivity contribution in [3.8, 4) is 18.1 Å². The average molecular weight is 283 g/mol. The van der Waals surface area contributed by atoms with E-state index in [0.29, 0.717) is 13.2 Å². The highest BCUT2D eigenvalue weighted by molar-refractivity contribution is 7.98. The van der Waals surface area contributed by atoms with Crippen LogP contribution in [-0.4, -0.2) is 12.9 Å². The van der Waals surface area contributed by atoms with E-state index in [0.717, 1.165) is 17.0 Å². The Kier molecular flexibility index (Phi) is 5.40. The molecule has 0 amide bonds. The van der Waals surface area contributed by atoms with E-state index in [-0.39, 0.29) is 0 Å². The first kappa shape index (κ1) is 14.4. The second kappa shape index (κ2) is 7.52. The van der Waals surface area contributed by atoms with Crippen molar-refractivity contribution >= 4 is 17.4 Å². The number of terminal acetylenes is 1. The van der Waals surface area contributed by atoms with E-state index in [9.17, 15) is 0 Å². The first-order valence-corrected chi connectivity index (χ1v) is 7.58. The lowest BCUT2D eigenvalue weighted by atomic mass is 10.2. The van der Waals surface area contributed by atoms with Gasteiger partial charge < -0.3 is 10.1 Å². The third-order valence-electron chi connectivity index (χ3n) is 2.86. The van der Waals surface area contributed by atoms with Gasteiger partial charge in [-0.05, 0) is 36.6 Å². The highest BCUT2D eigenvalue weighted by atomic mass is 32.2. The minimum atomic E-state index is 0.291. The number of ether oxygens (including phenoxy) is 1. The second-order valence-electron chi connectivity index (χ2n) is 4.18. The monoisotopic (exact) mass is 283 g/mol. The highest BCUT2D eigenvalue weighted by Crippen LogP contribution is 2.21. The molecule has 0 fully saturated rings. The van der Waals surface area contributed by atoms with Crippen LogP contribution in [0.1, 0.15) is 5.56 Å². The van der Waals surface area contributed by atoms with E-state index in [4.69, 9.17) is 11.2 Å². The van der Waals surface area contributed by atoms with Crippen LogP contribution in [0.25, 0.3) is 0 Å². The van der Waals surface area contributed by atoms with Crippen LogP contribution < -0.4 is 10.1 Å². The third kappa shape index (κ3) is 3.97. The standard InChI is InChI=1S/C17H17NOS/c1-3-12-19-17-7-5-4-6-14(17)13-18-15-8-10-16(20-2)11-9-15/h1,4-11,18H,12-13H2,2H3. The van der Waals surface area contributed by atoms with Crippen LogP contribution in [0.15, 0.2) is 53.4 Å². The van der Waals surface area contributed by atoms with Crippen LogP contribution >= 0.6 is 11.8 Å². The molecule has 2 aromatic carbocycles. The molecule has 0 heterocycles. The summed E-state index contributed by atoms with van der Waals surface area (Å²) in [5, 5.41) is 3.39. The molecule has 2 aromatic rings. The number of benzene rings is 2. The van der Waals surface area contributed by atoms with Crippen LogP contribution in [0.4, 0.5) is 5.69 Å². The number of thioether (sulfide) groups is 1. The van der Waals surface area contributed by atoms with E-state index in [1.807, 2.05) is 24.3 Å². The summed E-state index contributed by atoms with van der Waals surface area (Å²) in [6.45, 7) is 0.999. The molecule has 2 nitrogen and oxygen atoms in total. The molecule has 102 valence electrons. The largest absolute Gasteiger partial charge is 0.481 e. The zero-order valence-corrected chi connectivity index (χ0v) is 12.2. The maximum atomic E-state index is 5.53. The van der Waals surface area contributed by atoms with Crippen molar-refractivity contribution < 1.29 is 4.74 Å². The van der Waals surface area contributed by atoms with E-state index in [2.05, 4.69) is 41.8 Å². The van der Waals surface area contributed by atoms with Crippen molar-refractivity contribution in [2.75, 3.05) is 18.2 Å². The van der Waals surface area contributed by atoms with Gasteiger partial charge in [0.2, 0.25) is 0 Å². The average Bonchev–Trinajstić information content (AvgIpc) is 2.52. The topological polar surface area (TPSA) is 21.3 Å². The molecule has 2 rings (SSSR count). The Bertz CT molecular complexity index is 587. The van der Waals surface area contributed by atoms with Gasteiger partial charge in [-0.2, -0.15) is 0 Å². The highest BCUT2D eigenvalue weighted by Gasteiger charge is 2.02. The minimum Gasteiger partial charge on any atom is -0.481 e. The molecule has 0 aliphatic heterocycles. The van der Waals surface area contributed by atoms with Crippen molar-refractivity contribution in [2.24, 2.45) is 0 Å². The molecule has 0 unspecified atom stereocenters. The molecule has 0 spiro atoms. The van der Waals surface area contributed by atoms with E-state index < -0.39 is 0 Å². The van der Waals surface area contributed by atoms with Gasteiger partial charge in [0, 0.05) is 22.7 Å². The van der Waals surface area contributed by atoms with Crippen molar-refractivity contribution in [2.45, 2.75) is 11.4 Å². The second-order valence-corrected chi connectivity index (χ2v) is 5.06. The van der Waals surface area contributed by atoms with Crippen LogP contribution in [0.3, 0.4) is 0 Å². The van der Waals surface area contributed by atoms with Crippen molar-refractivity contribution in [3.63, 3.8) is 0 Å². The number of nitrogens with one attached hydrogen (secondary N) is 1. The van der Waals surface area contributed by atoms with Gasteiger partial charge >= 0.3 is 0 Å². The summed E-state index contributed by atoms with van der Waals surface area (Å²) in [6, 6.07) is 16.3. The third-order valence-corrected chi connectivity index (χ3v) is 3.60. The fourth-order valence-corrected chi connectivity index (χ4v) is 2.22. The van der Waals surface area contributed by atoms with Crippen LogP contribution in [0.5, 0.6) is 5.75 Å². The predicted octanol–water partition coefficient (Wildman–Crippen LogP) is 4.03. The van der Waals surface area contributed by atoms with Crippen LogP contribution in [-0.2, 0) is 6.54 Å². The van der Waals surface area contributed by atoms with E-state index >= 15 is 0 Å². The van der Waals surface area contributed by atoms with E-state index in [1.165, 1.54) is 4.90 Å². The summed E-state index contributed by atoms with van der Waals surface area (Å²) < 4.78 is 5.53. The van der Waals surface area contributed by atoms with Gasteiger partial charge in [-0.1, -0.05) is 24.1 Å². The summed E-state index contributed by atoms with van der Waals surface area (Å²) in [5.74, 6) is 3.32. The molecule has 0 atom stereocenters. The molecule has 0 radical (unpaired) electrons. The first-order chi connectivity index (χ1) is 9.83. The Hall–Kier alpha value is -2.05. The first-order valence-electron chi connectivity index (χ1n) is 6.35. The maximum Gasteiger partial charge on any atom is 0.148 e. The zero-order valence-electron chi connectivity index (χ0n) is 11.4. The lowest BCUT2D eigenvalue weighted by Crippen LogP contribution is -2.03. The Morgan fingerprint density at radius 2 is 1.90 bits per heavy atom. The van der Waals surface area contributed by atoms with Gasteiger partial charge in [0.15, 0.2) is 0 Å². The Morgan fingerprint density at radius 1 is 1.15 bits per heavy atom. The molecule has 1 N–H and O–H groups in total. The summed E-state index contributed by atoms with van der Waals surface area (Å²) in [5.41, 5.74) is 2.19. The Balaban J connectivity index is 2.01. The summed E-state index contributed by atoms with van der Waals surface area (Å²) in [4.78, 5) is 1.26. The van der Waals surface area contributed by atoms with Crippen LogP contribution in [0.2, 0.25) is 0 Å². The minimum absolute atomic E-state index is 0.291. The Labute approximate surface area is 124 Å². The summed E-state index contributed by atoms with van der Waals surface area (Å²) in [7, 11) is 0. The molecule has 0 aromatic heterocycles. The van der Waals surface area contributed by atoms with Crippen molar-refractivity contribution in [3.05, 3.63) is 54.1 Å². The van der Waals surface area contributed by atoms with Gasteiger partial charge in [0.25, 0.3) is 0 Å². The van der Waals surface area contributed by atoms with Crippen molar-refractivity contribution in [1.82, 2.24) is 0 Å². The number of para-hydroxylation sites is 1. The quantitative estimate of drug-likeness (QED) is 0.639.